The van der Waals surface area contributed by atoms with Crippen LogP contribution in [-0.2, 0) is 15.1 Å². The van der Waals surface area contributed by atoms with Crippen molar-refractivity contribution in [3.8, 4) is 22.4 Å². The van der Waals surface area contributed by atoms with Crippen molar-refractivity contribution in [2.24, 2.45) is 11.7 Å². The molecule has 7 nitrogen and oxygen atoms in total. The molecule has 0 bridgehead atoms. The minimum atomic E-state index is -0.426. The molecule has 39 heavy (non-hydrogen) atoms. The van der Waals surface area contributed by atoms with Crippen molar-refractivity contribution in [3.05, 3.63) is 66.2 Å². The molecule has 0 unspecified atom stereocenters. The van der Waals surface area contributed by atoms with Crippen molar-refractivity contribution < 1.29 is 9.59 Å². The molecule has 7 heteroatoms. The van der Waals surface area contributed by atoms with Gasteiger partial charge in [-0.05, 0) is 75.5 Å². The van der Waals surface area contributed by atoms with Crippen LogP contribution < -0.4 is 11.1 Å². The van der Waals surface area contributed by atoms with Gasteiger partial charge in [0.25, 0.3) is 0 Å². The summed E-state index contributed by atoms with van der Waals surface area (Å²) < 4.78 is 0. The molecule has 2 aromatic carbocycles. The molecule has 1 aliphatic heterocycles. The van der Waals surface area contributed by atoms with Crippen molar-refractivity contribution in [2.45, 2.75) is 76.8 Å². The first-order valence-electron chi connectivity index (χ1n) is 14.2. The van der Waals surface area contributed by atoms with Crippen molar-refractivity contribution >= 4 is 17.6 Å². The fourth-order valence-electron chi connectivity index (χ4n) is 5.89. The number of rotatable bonds is 7. The van der Waals surface area contributed by atoms with Crippen molar-refractivity contribution in [2.75, 3.05) is 11.9 Å². The minimum Gasteiger partial charge on any atom is -0.340 e. The Morgan fingerprint density at radius 2 is 1.69 bits per heavy atom. The van der Waals surface area contributed by atoms with Gasteiger partial charge in [-0.1, -0.05) is 54.6 Å². The molecule has 0 atom stereocenters. The Kier molecular flexibility index (Phi) is 8.07. The first kappa shape index (κ1) is 27.0. The Morgan fingerprint density at radius 1 is 0.974 bits per heavy atom. The van der Waals surface area contributed by atoms with E-state index >= 15 is 0 Å². The molecule has 3 N–H and O–H groups in total. The van der Waals surface area contributed by atoms with E-state index < -0.39 is 5.54 Å². The zero-order valence-corrected chi connectivity index (χ0v) is 23.0. The van der Waals surface area contributed by atoms with Crippen LogP contribution in [0, 0.1) is 5.92 Å². The van der Waals surface area contributed by atoms with E-state index in [9.17, 15) is 9.59 Å². The largest absolute Gasteiger partial charge is 0.340 e. The molecule has 204 valence electrons. The van der Waals surface area contributed by atoms with E-state index in [0.29, 0.717) is 36.5 Å². The zero-order valence-electron chi connectivity index (χ0n) is 23.0. The molecular weight excluding hydrogens is 486 g/mol. The van der Waals surface area contributed by atoms with Gasteiger partial charge in [0.1, 0.15) is 5.69 Å². The summed E-state index contributed by atoms with van der Waals surface area (Å²) in [6.07, 6.45) is 7.17. The number of aromatic nitrogens is 2. The lowest BCUT2D eigenvalue weighted by Gasteiger charge is -2.38. The fourth-order valence-corrected chi connectivity index (χ4v) is 5.89. The Balaban J connectivity index is 1.27. The molecule has 1 saturated heterocycles. The molecule has 2 amide bonds. The number of carbonyl (C=O) groups is 2. The topological polar surface area (TPSA) is 101 Å². The van der Waals surface area contributed by atoms with Crippen LogP contribution in [-0.4, -0.2) is 39.5 Å². The standard InChI is InChI=1S/C32H39N5O2/c1-32(2,33)25-15-13-24(14-16-25)31-27(23-8-4-3-5-9-23)21-28(35-36-31)34-29(38)20-22-11-17-26(18-12-22)37-19-7-6-10-30(37)39/h3-5,8-9,13-16,21-22,26H,6-7,10-12,17-20,33H2,1-2H3,(H,34,35,38). The van der Waals surface area contributed by atoms with Gasteiger partial charge < -0.3 is 16.0 Å². The Morgan fingerprint density at radius 3 is 2.36 bits per heavy atom. The van der Waals surface area contributed by atoms with Crippen molar-refractivity contribution in [1.29, 1.82) is 0 Å². The third kappa shape index (κ3) is 6.53. The van der Waals surface area contributed by atoms with Gasteiger partial charge in [-0.3, -0.25) is 9.59 Å². The van der Waals surface area contributed by atoms with E-state index in [1.165, 1.54) is 0 Å². The first-order chi connectivity index (χ1) is 18.8. The van der Waals surface area contributed by atoms with E-state index in [2.05, 4.69) is 20.4 Å². The number of piperidine rings is 1. The third-order valence-electron chi connectivity index (χ3n) is 8.14. The van der Waals surface area contributed by atoms with Gasteiger partial charge in [0.05, 0.1) is 0 Å². The maximum atomic E-state index is 13.0. The second kappa shape index (κ2) is 11.7. The SMILES string of the molecule is CC(C)(N)c1ccc(-c2nnc(NC(=O)CC3CCC(N4CCCCC4=O)CC3)cc2-c2ccccc2)cc1. The fraction of sp³-hybridized carbons (Fsp3) is 0.438. The number of nitrogens with two attached hydrogens (primary N) is 1. The number of nitrogens with zero attached hydrogens (tertiary/aromatic N) is 3. The lowest BCUT2D eigenvalue weighted by atomic mass is 9.82. The van der Waals surface area contributed by atoms with Gasteiger partial charge in [-0.2, -0.15) is 0 Å². The average Bonchev–Trinajstić information content (AvgIpc) is 2.94. The molecule has 0 radical (unpaired) electrons. The van der Waals surface area contributed by atoms with E-state index in [4.69, 9.17) is 5.73 Å². The number of hydrogen-bond donors (Lipinski definition) is 2. The number of nitrogens with one attached hydrogen (secondary N) is 1. The monoisotopic (exact) mass is 525 g/mol. The molecule has 2 aliphatic rings. The van der Waals surface area contributed by atoms with E-state index in [0.717, 1.165) is 73.0 Å². The van der Waals surface area contributed by atoms with Gasteiger partial charge in [0.2, 0.25) is 11.8 Å². The van der Waals surface area contributed by atoms with Crippen LogP contribution in [0.1, 0.15) is 70.8 Å². The highest BCUT2D eigenvalue weighted by molar-refractivity contribution is 5.91. The van der Waals surface area contributed by atoms with Gasteiger partial charge in [-0.15, -0.1) is 10.2 Å². The third-order valence-corrected chi connectivity index (χ3v) is 8.14. The van der Waals surface area contributed by atoms with Crippen molar-refractivity contribution in [3.63, 3.8) is 0 Å². The molecule has 1 aliphatic carbocycles. The number of benzene rings is 2. The van der Waals surface area contributed by atoms with Crippen LogP contribution in [0.5, 0.6) is 0 Å². The number of anilines is 1. The Bertz CT molecular complexity index is 1290. The predicted octanol–water partition coefficient (Wildman–Crippen LogP) is 5.90. The summed E-state index contributed by atoms with van der Waals surface area (Å²) in [7, 11) is 0. The number of amides is 2. The summed E-state index contributed by atoms with van der Waals surface area (Å²) in [5.41, 5.74) is 10.5. The van der Waals surface area contributed by atoms with E-state index in [-0.39, 0.29) is 5.91 Å². The number of likely N-dealkylation sites (tertiary alicyclic amines) is 1. The normalized spacial score (nSPS) is 20.1. The average molecular weight is 526 g/mol. The molecule has 1 saturated carbocycles. The van der Waals surface area contributed by atoms with E-state index in [1.54, 1.807) is 0 Å². The van der Waals surface area contributed by atoms with Gasteiger partial charge in [0.15, 0.2) is 5.82 Å². The van der Waals surface area contributed by atoms with Gasteiger partial charge in [0, 0.05) is 42.1 Å². The Labute approximate surface area is 231 Å². The summed E-state index contributed by atoms with van der Waals surface area (Å²) in [5.74, 6) is 1.04. The van der Waals surface area contributed by atoms with Crippen LogP contribution in [0.4, 0.5) is 5.82 Å². The molecule has 3 aromatic rings. The van der Waals surface area contributed by atoms with Crippen LogP contribution in [0.3, 0.4) is 0 Å². The summed E-state index contributed by atoms with van der Waals surface area (Å²) in [4.78, 5) is 27.4. The highest BCUT2D eigenvalue weighted by Gasteiger charge is 2.31. The minimum absolute atomic E-state index is 0.0388. The zero-order chi connectivity index (χ0) is 27.4. The van der Waals surface area contributed by atoms with Crippen molar-refractivity contribution in [1.82, 2.24) is 15.1 Å². The molecule has 2 fully saturated rings. The highest BCUT2D eigenvalue weighted by atomic mass is 16.2. The quantitative estimate of drug-likeness (QED) is 0.400. The lowest BCUT2D eigenvalue weighted by Crippen LogP contribution is -2.45. The lowest BCUT2D eigenvalue weighted by molar-refractivity contribution is -0.136. The number of carbonyl (C=O) groups excluding carboxylic acids is 2. The highest BCUT2D eigenvalue weighted by Crippen LogP contribution is 2.34. The molecule has 0 spiro atoms. The second-order valence-electron chi connectivity index (χ2n) is 11.6. The maximum absolute atomic E-state index is 13.0. The molecule has 1 aromatic heterocycles. The second-order valence-corrected chi connectivity index (χ2v) is 11.6. The summed E-state index contributed by atoms with van der Waals surface area (Å²) in [5, 5.41) is 11.9. The van der Waals surface area contributed by atoms with E-state index in [1.807, 2.05) is 74.5 Å². The summed E-state index contributed by atoms with van der Waals surface area (Å²) in [6.45, 7) is 4.86. The number of hydrogen-bond acceptors (Lipinski definition) is 5. The molecular formula is C32H39N5O2. The van der Waals surface area contributed by atoms with Crippen LogP contribution in [0.2, 0.25) is 0 Å². The smallest absolute Gasteiger partial charge is 0.225 e. The van der Waals surface area contributed by atoms with Crippen LogP contribution in [0.15, 0.2) is 60.7 Å². The molecule has 5 rings (SSSR count). The van der Waals surface area contributed by atoms with Crippen LogP contribution in [0.25, 0.3) is 22.4 Å². The molecule has 2 heterocycles. The maximum Gasteiger partial charge on any atom is 0.225 e. The summed E-state index contributed by atoms with van der Waals surface area (Å²) >= 11 is 0. The summed E-state index contributed by atoms with van der Waals surface area (Å²) in [6, 6.07) is 20.4. The first-order valence-corrected chi connectivity index (χ1v) is 14.2. The van der Waals surface area contributed by atoms with Gasteiger partial charge >= 0.3 is 0 Å². The Hall–Kier alpha value is -3.58. The predicted molar refractivity (Wildman–Crippen MR) is 155 cm³/mol. The van der Waals surface area contributed by atoms with Gasteiger partial charge in [-0.25, -0.2) is 0 Å². The van der Waals surface area contributed by atoms with Crippen LogP contribution >= 0.6 is 0 Å².